The molecule has 0 bridgehead atoms. The van der Waals surface area contributed by atoms with Crippen molar-refractivity contribution in [2.75, 3.05) is 13.2 Å². The zero-order valence-corrected chi connectivity index (χ0v) is 22.3. The predicted molar refractivity (Wildman–Crippen MR) is 128 cm³/mol. The van der Waals surface area contributed by atoms with Crippen LogP contribution in [0.3, 0.4) is 0 Å². The van der Waals surface area contributed by atoms with Crippen molar-refractivity contribution in [2.24, 2.45) is 0 Å². The van der Waals surface area contributed by atoms with Crippen LogP contribution in [0.15, 0.2) is 30.3 Å². The third-order valence-corrected chi connectivity index (χ3v) is 10.9. The molecule has 1 aliphatic heterocycles. The standard InChI is InChI=1S/C25H40O7Si/c1-17(20-12-10-9-11-13-20)30-24-22(32-33(7,8)25(4,5)6)14-21(15-28-18(2)26)31-23(24)16-29-19(3)27/h9-13,17,21-24H,14-16H2,1-8H3/t17-,21+,22+,23+,24+/m0/s1. The Hall–Kier alpha value is -1.74. The van der Waals surface area contributed by atoms with Crippen molar-refractivity contribution in [1.82, 2.24) is 0 Å². The number of esters is 2. The Kier molecular flexibility index (Phi) is 9.66. The molecule has 33 heavy (non-hydrogen) atoms. The Morgan fingerprint density at radius 2 is 1.64 bits per heavy atom. The summed E-state index contributed by atoms with van der Waals surface area (Å²) in [6, 6.07) is 9.95. The molecule has 1 fully saturated rings. The first-order chi connectivity index (χ1) is 15.3. The van der Waals surface area contributed by atoms with E-state index in [0.717, 1.165) is 5.56 Å². The maximum Gasteiger partial charge on any atom is 0.302 e. The molecule has 2 rings (SSSR count). The Balaban J connectivity index is 2.34. The molecule has 0 unspecified atom stereocenters. The molecule has 186 valence electrons. The largest absolute Gasteiger partial charge is 0.463 e. The van der Waals surface area contributed by atoms with Crippen molar-refractivity contribution in [3.8, 4) is 0 Å². The van der Waals surface area contributed by atoms with Crippen molar-refractivity contribution < 1.29 is 33.0 Å². The van der Waals surface area contributed by atoms with Crippen molar-refractivity contribution in [2.45, 2.75) is 96.6 Å². The fraction of sp³-hybridized carbons (Fsp3) is 0.680. The molecule has 1 aromatic rings. The van der Waals surface area contributed by atoms with E-state index in [1.807, 2.05) is 37.3 Å². The summed E-state index contributed by atoms with van der Waals surface area (Å²) in [4.78, 5) is 23.0. The van der Waals surface area contributed by atoms with E-state index in [0.29, 0.717) is 6.42 Å². The summed E-state index contributed by atoms with van der Waals surface area (Å²) in [6.07, 6.45) is -1.38. The summed E-state index contributed by atoms with van der Waals surface area (Å²) in [5.74, 6) is -0.759. The highest BCUT2D eigenvalue weighted by Crippen LogP contribution is 2.40. The maximum absolute atomic E-state index is 11.6. The molecule has 8 heteroatoms. The summed E-state index contributed by atoms with van der Waals surface area (Å²) in [6.45, 7) is 15.8. The molecule has 0 amide bonds. The summed E-state index contributed by atoms with van der Waals surface area (Å²) < 4.78 is 30.1. The lowest BCUT2D eigenvalue weighted by Gasteiger charge is -2.47. The van der Waals surface area contributed by atoms with Gasteiger partial charge in [-0.15, -0.1) is 0 Å². The average molecular weight is 481 g/mol. The van der Waals surface area contributed by atoms with E-state index in [1.54, 1.807) is 0 Å². The molecule has 0 aliphatic carbocycles. The van der Waals surface area contributed by atoms with Crippen LogP contribution in [0.1, 0.15) is 59.6 Å². The maximum atomic E-state index is 11.6. The quantitative estimate of drug-likeness (QED) is 0.371. The minimum Gasteiger partial charge on any atom is -0.463 e. The van der Waals surface area contributed by atoms with Gasteiger partial charge < -0.3 is 23.4 Å². The fourth-order valence-corrected chi connectivity index (χ4v) is 4.89. The molecule has 1 aromatic carbocycles. The summed E-state index contributed by atoms with van der Waals surface area (Å²) in [5, 5.41) is -0.00232. The molecule has 0 radical (unpaired) electrons. The van der Waals surface area contributed by atoms with E-state index in [4.69, 9.17) is 23.4 Å². The molecule has 1 saturated heterocycles. The molecule has 1 aliphatic rings. The van der Waals surface area contributed by atoms with E-state index >= 15 is 0 Å². The van der Waals surface area contributed by atoms with Gasteiger partial charge in [-0.25, -0.2) is 0 Å². The minimum absolute atomic E-state index is 0.00232. The SMILES string of the molecule is CC(=O)OC[C@H]1C[C@@H](O[Si](C)(C)C(C)(C)C)[C@@H](O[C@@H](C)c2ccccc2)[C@@H](COC(C)=O)O1. The Morgan fingerprint density at radius 1 is 1.06 bits per heavy atom. The van der Waals surface area contributed by atoms with Crippen LogP contribution < -0.4 is 0 Å². The van der Waals surface area contributed by atoms with E-state index in [2.05, 4.69) is 33.9 Å². The third-order valence-electron chi connectivity index (χ3n) is 6.40. The molecular weight excluding hydrogens is 440 g/mol. The van der Waals surface area contributed by atoms with E-state index in [9.17, 15) is 9.59 Å². The molecule has 7 nitrogen and oxygen atoms in total. The van der Waals surface area contributed by atoms with Crippen LogP contribution in [0.2, 0.25) is 18.1 Å². The van der Waals surface area contributed by atoms with Gasteiger partial charge in [0.25, 0.3) is 0 Å². The van der Waals surface area contributed by atoms with Gasteiger partial charge in [-0.05, 0) is 30.6 Å². The topological polar surface area (TPSA) is 80.3 Å². The van der Waals surface area contributed by atoms with Crippen molar-refractivity contribution in [3.05, 3.63) is 35.9 Å². The van der Waals surface area contributed by atoms with Crippen molar-refractivity contribution in [3.63, 3.8) is 0 Å². The van der Waals surface area contributed by atoms with Gasteiger partial charge in [-0.2, -0.15) is 0 Å². The predicted octanol–water partition coefficient (Wildman–Crippen LogP) is 4.81. The van der Waals surface area contributed by atoms with Gasteiger partial charge in [0.05, 0.1) is 18.3 Å². The number of carbonyl (C=O) groups excluding carboxylic acids is 2. The lowest BCUT2D eigenvalue weighted by Crippen LogP contribution is -2.57. The zero-order valence-electron chi connectivity index (χ0n) is 21.3. The van der Waals surface area contributed by atoms with Gasteiger partial charge in [0.15, 0.2) is 8.32 Å². The van der Waals surface area contributed by atoms with E-state index < -0.39 is 26.5 Å². The van der Waals surface area contributed by atoms with Gasteiger partial charge >= 0.3 is 11.9 Å². The zero-order chi connectivity index (χ0) is 24.8. The van der Waals surface area contributed by atoms with Crippen LogP contribution in [0.25, 0.3) is 0 Å². The van der Waals surface area contributed by atoms with Crippen LogP contribution in [0.5, 0.6) is 0 Å². The smallest absolute Gasteiger partial charge is 0.302 e. The number of hydrogen-bond donors (Lipinski definition) is 0. The Bertz CT molecular complexity index is 775. The lowest BCUT2D eigenvalue weighted by molar-refractivity contribution is -0.219. The van der Waals surface area contributed by atoms with Crippen molar-refractivity contribution >= 4 is 20.3 Å². The number of carbonyl (C=O) groups is 2. The first-order valence-corrected chi connectivity index (χ1v) is 14.5. The second-order valence-electron chi connectivity index (χ2n) is 10.2. The summed E-state index contributed by atoms with van der Waals surface area (Å²) in [7, 11) is -2.16. The Labute approximate surface area is 199 Å². The first-order valence-electron chi connectivity index (χ1n) is 11.6. The van der Waals surface area contributed by atoms with E-state index in [-0.39, 0.29) is 42.5 Å². The van der Waals surface area contributed by atoms with E-state index in [1.165, 1.54) is 13.8 Å². The van der Waals surface area contributed by atoms with Crippen molar-refractivity contribution in [1.29, 1.82) is 0 Å². The van der Waals surface area contributed by atoms with Gasteiger partial charge in [0.2, 0.25) is 0 Å². The monoisotopic (exact) mass is 480 g/mol. The average Bonchev–Trinajstić information content (AvgIpc) is 2.71. The first kappa shape index (κ1) is 27.5. The van der Waals surface area contributed by atoms with Crippen LogP contribution >= 0.6 is 0 Å². The third kappa shape index (κ3) is 8.21. The molecule has 0 aromatic heterocycles. The van der Waals surface area contributed by atoms with Gasteiger partial charge in [-0.3, -0.25) is 9.59 Å². The van der Waals surface area contributed by atoms with Gasteiger partial charge in [0.1, 0.15) is 25.4 Å². The van der Waals surface area contributed by atoms with Crippen LogP contribution in [-0.2, 0) is 33.0 Å². The summed E-state index contributed by atoms with van der Waals surface area (Å²) in [5.41, 5.74) is 1.04. The minimum atomic E-state index is -2.16. The highest BCUT2D eigenvalue weighted by atomic mass is 28.4. The van der Waals surface area contributed by atoms with Crippen LogP contribution in [-0.4, -0.2) is 57.9 Å². The fourth-order valence-electron chi connectivity index (χ4n) is 3.55. The number of rotatable bonds is 9. The second kappa shape index (κ2) is 11.6. The van der Waals surface area contributed by atoms with Crippen LogP contribution in [0.4, 0.5) is 0 Å². The highest BCUT2D eigenvalue weighted by molar-refractivity contribution is 6.74. The molecule has 0 spiro atoms. The molecule has 5 atom stereocenters. The molecular formula is C25H40O7Si. The molecule has 0 N–H and O–H groups in total. The molecule has 0 saturated carbocycles. The number of hydrogen-bond acceptors (Lipinski definition) is 7. The molecule has 1 heterocycles. The van der Waals surface area contributed by atoms with Gasteiger partial charge in [-0.1, -0.05) is 51.1 Å². The van der Waals surface area contributed by atoms with Gasteiger partial charge in [0, 0.05) is 20.3 Å². The normalized spacial score (nSPS) is 24.7. The number of benzene rings is 1. The Morgan fingerprint density at radius 3 is 2.18 bits per heavy atom. The highest BCUT2D eigenvalue weighted by Gasteiger charge is 2.47. The second-order valence-corrected chi connectivity index (χ2v) is 15.0. The number of ether oxygens (including phenoxy) is 4. The lowest BCUT2D eigenvalue weighted by atomic mass is 9.97. The summed E-state index contributed by atoms with van der Waals surface area (Å²) >= 11 is 0. The van der Waals surface area contributed by atoms with Crippen LogP contribution in [0, 0.1) is 0 Å².